The van der Waals surface area contributed by atoms with E-state index in [1.54, 1.807) is 18.7 Å². The lowest BCUT2D eigenvalue weighted by molar-refractivity contribution is -0.0320. The molecule has 6 heteroatoms. The van der Waals surface area contributed by atoms with Gasteiger partial charge in [-0.1, -0.05) is 6.07 Å². The SMILES string of the molecule is c1ccc(O[C@H]2CC[C@H]3[C@H]2OCCN3c2ccncn2)nc1. The van der Waals surface area contributed by atoms with E-state index in [1.165, 1.54) is 0 Å². The maximum Gasteiger partial charge on any atom is 0.213 e. The molecule has 3 heterocycles. The molecule has 1 saturated carbocycles. The highest BCUT2D eigenvalue weighted by Crippen LogP contribution is 2.34. The summed E-state index contributed by atoms with van der Waals surface area (Å²) < 4.78 is 12.0. The largest absolute Gasteiger partial charge is 0.471 e. The second kappa shape index (κ2) is 5.88. The predicted molar refractivity (Wildman–Crippen MR) is 80.8 cm³/mol. The van der Waals surface area contributed by atoms with Crippen LogP contribution in [0.3, 0.4) is 0 Å². The van der Waals surface area contributed by atoms with Crippen molar-refractivity contribution in [2.75, 3.05) is 18.1 Å². The van der Waals surface area contributed by atoms with Crippen LogP contribution in [0.5, 0.6) is 5.88 Å². The van der Waals surface area contributed by atoms with E-state index in [9.17, 15) is 0 Å². The van der Waals surface area contributed by atoms with Crippen LogP contribution in [0.4, 0.5) is 5.82 Å². The Morgan fingerprint density at radius 3 is 2.95 bits per heavy atom. The van der Waals surface area contributed by atoms with Crippen LogP contribution in [0.1, 0.15) is 12.8 Å². The van der Waals surface area contributed by atoms with Crippen LogP contribution in [0.25, 0.3) is 0 Å². The van der Waals surface area contributed by atoms with Crippen molar-refractivity contribution >= 4 is 5.82 Å². The Labute approximate surface area is 129 Å². The van der Waals surface area contributed by atoms with Crippen LogP contribution >= 0.6 is 0 Å². The van der Waals surface area contributed by atoms with Crippen LogP contribution < -0.4 is 9.64 Å². The Hall–Kier alpha value is -2.21. The minimum Gasteiger partial charge on any atom is -0.471 e. The number of ether oxygens (including phenoxy) is 2. The normalized spacial score (nSPS) is 27.5. The summed E-state index contributed by atoms with van der Waals surface area (Å²) in [5.74, 6) is 1.63. The maximum atomic E-state index is 6.03. The first-order valence-corrected chi connectivity index (χ1v) is 7.64. The standard InChI is InChI=1S/C16H18N4O2/c1-2-7-18-15(3-1)22-13-5-4-12-16(13)21-10-9-20(12)14-6-8-17-11-19-14/h1-3,6-8,11-13,16H,4-5,9-10H2/t12-,13-,16+/m0/s1. The van der Waals surface area contributed by atoms with E-state index in [1.807, 2.05) is 24.3 Å². The first kappa shape index (κ1) is 13.5. The molecule has 114 valence electrons. The van der Waals surface area contributed by atoms with Crippen molar-refractivity contribution in [2.45, 2.75) is 31.1 Å². The van der Waals surface area contributed by atoms with Crippen molar-refractivity contribution in [3.63, 3.8) is 0 Å². The highest BCUT2D eigenvalue weighted by atomic mass is 16.5. The van der Waals surface area contributed by atoms with E-state index in [0.717, 1.165) is 25.2 Å². The average molecular weight is 298 g/mol. The van der Waals surface area contributed by atoms with E-state index >= 15 is 0 Å². The Balaban J connectivity index is 1.51. The molecule has 4 rings (SSSR count). The maximum absolute atomic E-state index is 6.03. The van der Waals surface area contributed by atoms with Gasteiger partial charge < -0.3 is 14.4 Å². The third-order valence-electron chi connectivity index (χ3n) is 4.31. The van der Waals surface area contributed by atoms with E-state index in [0.29, 0.717) is 18.5 Å². The van der Waals surface area contributed by atoms with Gasteiger partial charge in [0.25, 0.3) is 0 Å². The number of anilines is 1. The van der Waals surface area contributed by atoms with Gasteiger partial charge in [0.2, 0.25) is 5.88 Å². The molecule has 2 aliphatic rings. The summed E-state index contributed by atoms with van der Waals surface area (Å²) in [5, 5.41) is 0. The predicted octanol–water partition coefficient (Wildman–Crippen LogP) is 1.69. The summed E-state index contributed by atoms with van der Waals surface area (Å²) in [5.41, 5.74) is 0. The van der Waals surface area contributed by atoms with Gasteiger partial charge in [-0.25, -0.2) is 15.0 Å². The first-order valence-electron chi connectivity index (χ1n) is 7.64. The molecule has 3 atom stereocenters. The zero-order valence-electron chi connectivity index (χ0n) is 12.2. The third kappa shape index (κ3) is 2.50. The lowest BCUT2D eigenvalue weighted by Gasteiger charge is -2.39. The van der Waals surface area contributed by atoms with Gasteiger partial charge in [0.05, 0.1) is 12.6 Å². The Morgan fingerprint density at radius 2 is 2.14 bits per heavy atom. The smallest absolute Gasteiger partial charge is 0.213 e. The van der Waals surface area contributed by atoms with Gasteiger partial charge in [-0.15, -0.1) is 0 Å². The molecule has 2 aromatic heterocycles. The van der Waals surface area contributed by atoms with Gasteiger partial charge in [-0.2, -0.15) is 0 Å². The summed E-state index contributed by atoms with van der Waals surface area (Å²) in [6, 6.07) is 7.97. The van der Waals surface area contributed by atoms with E-state index in [2.05, 4.69) is 19.9 Å². The Morgan fingerprint density at radius 1 is 1.14 bits per heavy atom. The fourth-order valence-electron chi connectivity index (χ4n) is 3.35. The molecule has 0 unspecified atom stereocenters. The van der Waals surface area contributed by atoms with Crippen LogP contribution in [0.15, 0.2) is 43.0 Å². The molecule has 2 fully saturated rings. The molecular weight excluding hydrogens is 280 g/mol. The highest BCUT2D eigenvalue weighted by Gasteiger charge is 2.44. The highest BCUT2D eigenvalue weighted by molar-refractivity contribution is 5.40. The molecule has 0 spiro atoms. The molecule has 0 N–H and O–H groups in total. The van der Waals surface area contributed by atoms with Gasteiger partial charge in [-0.3, -0.25) is 0 Å². The molecule has 1 aliphatic carbocycles. The Kier molecular flexibility index (Phi) is 3.60. The summed E-state index contributed by atoms with van der Waals surface area (Å²) in [6.45, 7) is 1.54. The minimum absolute atomic E-state index is 0.0459. The molecule has 1 saturated heterocycles. The number of pyridine rings is 1. The topological polar surface area (TPSA) is 60.4 Å². The summed E-state index contributed by atoms with van der Waals surface area (Å²) in [7, 11) is 0. The van der Waals surface area contributed by atoms with Crippen LogP contribution in [-0.2, 0) is 4.74 Å². The average Bonchev–Trinajstić information content (AvgIpc) is 3.00. The summed E-state index contributed by atoms with van der Waals surface area (Å²) in [4.78, 5) is 14.9. The summed E-state index contributed by atoms with van der Waals surface area (Å²) >= 11 is 0. The molecule has 1 aliphatic heterocycles. The van der Waals surface area contributed by atoms with Crippen molar-refractivity contribution in [1.82, 2.24) is 15.0 Å². The van der Waals surface area contributed by atoms with Crippen molar-refractivity contribution in [3.05, 3.63) is 43.0 Å². The molecule has 2 aromatic rings. The molecule has 0 amide bonds. The molecule has 0 bridgehead atoms. The van der Waals surface area contributed by atoms with Crippen molar-refractivity contribution in [1.29, 1.82) is 0 Å². The first-order chi connectivity index (χ1) is 10.9. The summed E-state index contributed by atoms with van der Waals surface area (Å²) in [6.07, 6.45) is 7.23. The molecule has 22 heavy (non-hydrogen) atoms. The van der Waals surface area contributed by atoms with Crippen molar-refractivity contribution in [2.24, 2.45) is 0 Å². The van der Waals surface area contributed by atoms with Crippen LogP contribution in [0.2, 0.25) is 0 Å². The monoisotopic (exact) mass is 298 g/mol. The molecular formula is C16H18N4O2. The van der Waals surface area contributed by atoms with Gasteiger partial charge in [0, 0.05) is 25.0 Å². The minimum atomic E-state index is 0.0459. The van der Waals surface area contributed by atoms with E-state index in [-0.39, 0.29) is 12.2 Å². The lowest BCUT2D eigenvalue weighted by atomic mass is 10.1. The Bertz CT molecular complexity index is 610. The van der Waals surface area contributed by atoms with E-state index < -0.39 is 0 Å². The number of fused-ring (bicyclic) bond motifs is 1. The van der Waals surface area contributed by atoms with Crippen molar-refractivity contribution in [3.8, 4) is 5.88 Å². The molecule has 0 radical (unpaired) electrons. The second-order valence-corrected chi connectivity index (χ2v) is 5.57. The van der Waals surface area contributed by atoms with E-state index in [4.69, 9.17) is 9.47 Å². The van der Waals surface area contributed by atoms with Gasteiger partial charge >= 0.3 is 0 Å². The number of aromatic nitrogens is 3. The fraction of sp³-hybridized carbons (Fsp3) is 0.438. The number of rotatable bonds is 3. The lowest BCUT2D eigenvalue weighted by Crippen LogP contribution is -2.52. The molecule has 6 nitrogen and oxygen atoms in total. The van der Waals surface area contributed by atoms with Gasteiger partial charge in [-0.05, 0) is 25.0 Å². The number of hydrogen-bond donors (Lipinski definition) is 0. The zero-order chi connectivity index (χ0) is 14.8. The number of morpholine rings is 1. The van der Waals surface area contributed by atoms with Crippen molar-refractivity contribution < 1.29 is 9.47 Å². The molecule has 0 aromatic carbocycles. The van der Waals surface area contributed by atoms with Crippen LogP contribution in [-0.4, -0.2) is 46.4 Å². The zero-order valence-corrected chi connectivity index (χ0v) is 12.2. The van der Waals surface area contributed by atoms with Gasteiger partial charge in [0.15, 0.2) is 0 Å². The quantitative estimate of drug-likeness (QED) is 0.859. The number of hydrogen-bond acceptors (Lipinski definition) is 6. The fourth-order valence-corrected chi connectivity index (χ4v) is 3.35. The van der Waals surface area contributed by atoms with Crippen LogP contribution in [0, 0.1) is 0 Å². The third-order valence-corrected chi connectivity index (χ3v) is 4.31. The second-order valence-electron chi connectivity index (χ2n) is 5.57. The number of nitrogens with zero attached hydrogens (tertiary/aromatic N) is 4. The van der Waals surface area contributed by atoms with Gasteiger partial charge in [0.1, 0.15) is 24.4 Å².